The first kappa shape index (κ1) is 13.6. The summed E-state index contributed by atoms with van der Waals surface area (Å²) >= 11 is 0. The van der Waals surface area contributed by atoms with Crippen molar-refractivity contribution in [2.75, 3.05) is 0 Å². The molecule has 0 saturated heterocycles. The molecule has 18 heavy (non-hydrogen) atoms. The summed E-state index contributed by atoms with van der Waals surface area (Å²) in [6.45, 7) is 0. The molecular weight excluding hydrogens is 236 g/mol. The van der Waals surface area contributed by atoms with Crippen LogP contribution in [-0.2, 0) is 14.8 Å². The Bertz CT molecular complexity index is 254. The molecule has 2 saturated carbocycles. The molecule has 0 radical (unpaired) electrons. The number of hydrogen-bond acceptors (Lipinski definition) is 4. The zero-order chi connectivity index (χ0) is 12.8. The number of carboxylic acid groups (broad SMARTS) is 1. The van der Waals surface area contributed by atoms with Crippen molar-refractivity contribution in [1.82, 2.24) is 0 Å². The van der Waals surface area contributed by atoms with Crippen LogP contribution in [0.4, 0.5) is 4.79 Å². The Kier molecular flexibility index (Phi) is 5.26. The van der Waals surface area contributed by atoms with Crippen molar-refractivity contribution < 1.29 is 24.7 Å². The largest absolute Gasteiger partial charge is 0.540 e. The molecule has 2 fully saturated rings. The summed E-state index contributed by atoms with van der Waals surface area (Å²) in [5.74, 6) is 1.72. The van der Waals surface area contributed by atoms with Gasteiger partial charge in [-0.1, -0.05) is 32.1 Å². The Labute approximate surface area is 107 Å². The van der Waals surface area contributed by atoms with Gasteiger partial charge in [0.25, 0.3) is 0 Å². The Morgan fingerprint density at radius 3 is 2.11 bits per heavy atom. The molecule has 0 aliphatic heterocycles. The van der Waals surface area contributed by atoms with Crippen LogP contribution >= 0.6 is 0 Å². The molecule has 0 aromatic heterocycles. The van der Waals surface area contributed by atoms with Crippen molar-refractivity contribution in [3.05, 3.63) is 0 Å². The molecule has 104 valence electrons. The minimum atomic E-state index is -1.48. The quantitative estimate of drug-likeness (QED) is 0.615. The molecule has 5 nitrogen and oxygen atoms in total. The molecule has 0 atom stereocenters. The molecule has 0 aromatic rings. The standard InChI is InChI=1S/C13H22O5/c14-13(15)17-18-16-12-8-6-11(7-9-12)10-4-2-1-3-5-10/h10-12H,1-9H2,(H,14,15). The topological polar surface area (TPSA) is 65.0 Å². The first-order valence-corrected chi connectivity index (χ1v) is 6.98. The van der Waals surface area contributed by atoms with Gasteiger partial charge >= 0.3 is 6.16 Å². The third-order valence-electron chi connectivity index (χ3n) is 4.32. The lowest BCUT2D eigenvalue weighted by atomic mass is 9.73. The van der Waals surface area contributed by atoms with E-state index in [-0.39, 0.29) is 6.10 Å². The average Bonchev–Trinajstić information content (AvgIpc) is 2.40. The van der Waals surface area contributed by atoms with Gasteiger partial charge in [-0.2, -0.15) is 4.89 Å². The van der Waals surface area contributed by atoms with Gasteiger partial charge < -0.3 is 5.11 Å². The molecule has 0 bridgehead atoms. The fourth-order valence-electron chi connectivity index (χ4n) is 3.37. The van der Waals surface area contributed by atoms with Crippen LogP contribution in [0.5, 0.6) is 0 Å². The Hall–Kier alpha value is -0.810. The van der Waals surface area contributed by atoms with Crippen molar-refractivity contribution >= 4 is 6.16 Å². The summed E-state index contributed by atoms with van der Waals surface area (Å²) in [4.78, 5) is 18.9. The van der Waals surface area contributed by atoms with Crippen LogP contribution < -0.4 is 0 Å². The molecule has 2 aliphatic rings. The van der Waals surface area contributed by atoms with E-state index in [9.17, 15) is 4.79 Å². The highest BCUT2D eigenvalue weighted by molar-refractivity contribution is 5.55. The minimum Gasteiger partial charge on any atom is -0.448 e. The highest BCUT2D eigenvalue weighted by Gasteiger charge is 2.29. The van der Waals surface area contributed by atoms with Crippen molar-refractivity contribution in [3.8, 4) is 0 Å². The predicted octanol–water partition coefficient (Wildman–Crippen LogP) is 3.68. The van der Waals surface area contributed by atoms with Crippen molar-refractivity contribution in [2.45, 2.75) is 63.9 Å². The minimum absolute atomic E-state index is 0.0239. The first-order valence-electron chi connectivity index (χ1n) is 6.98. The highest BCUT2D eigenvalue weighted by Crippen LogP contribution is 2.38. The number of rotatable bonds is 4. The highest BCUT2D eigenvalue weighted by atomic mass is 17.5. The van der Waals surface area contributed by atoms with Crippen LogP contribution in [0.25, 0.3) is 0 Å². The Morgan fingerprint density at radius 1 is 0.889 bits per heavy atom. The number of hydrogen-bond donors (Lipinski definition) is 1. The van der Waals surface area contributed by atoms with Crippen LogP contribution in [-0.4, -0.2) is 17.4 Å². The van der Waals surface area contributed by atoms with Crippen LogP contribution in [0.1, 0.15) is 57.8 Å². The van der Waals surface area contributed by atoms with Crippen LogP contribution in [0.2, 0.25) is 0 Å². The van der Waals surface area contributed by atoms with Gasteiger partial charge in [0.1, 0.15) is 0 Å². The van der Waals surface area contributed by atoms with Gasteiger partial charge in [-0.3, -0.25) is 0 Å². The van der Waals surface area contributed by atoms with E-state index in [0.717, 1.165) is 37.5 Å². The maximum absolute atomic E-state index is 10.1. The summed E-state index contributed by atoms with van der Waals surface area (Å²) < 4.78 is 0. The second-order valence-electron chi connectivity index (χ2n) is 5.45. The molecular formula is C13H22O5. The van der Waals surface area contributed by atoms with Crippen LogP contribution in [0.3, 0.4) is 0 Å². The van der Waals surface area contributed by atoms with Gasteiger partial charge in [0.05, 0.1) is 6.10 Å². The van der Waals surface area contributed by atoms with Gasteiger partial charge in [-0.15, -0.1) is 0 Å². The van der Waals surface area contributed by atoms with E-state index in [1.54, 1.807) is 0 Å². The zero-order valence-corrected chi connectivity index (χ0v) is 10.7. The van der Waals surface area contributed by atoms with E-state index >= 15 is 0 Å². The van der Waals surface area contributed by atoms with E-state index < -0.39 is 6.16 Å². The summed E-state index contributed by atoms with van der Waals surface area (Å²) in [6.07, 6.45) is 9.62. The van der Waals surface area contributed by atoms with E-state index in [4.69, 9.17) is 9.99 Å². The lowest BCUT2D eigenvalue weighted by molar-refractivity contribution is -0.502. The van der Waals surface area contributed by atoms with Gasteiger partial charge in [-0.05, 0) is 42.6 Å². The van der Waals surface area contributed by atoms with E-state index in [1.807, 2.05) is 0 Å². The second kappa shape index (κ2) is 6.95. The smallest absolute Gasteiger partial charge is 0.448 e. The molecule has 2 aliphatic carbocycles. The maximum atomic E-state index is 10.1. The number of carbonyl (C=O) groups is 1. The van der Waals surface area contributed by atoms with E-state index in [2.05, 4.69) is 9.93 Å². The third-order valence-corrected chi connectivity index (χ3v) is 4.32. The van der Waals surface area contributed by atoms with E-state index in [1.165, 1.54) is 32.1 Å². The Morgan fingerprint density at radius 2 is 1.50 bits per heavy atom. The van der Waals surface area contributed by atoms with Crippen molar-refractivity contribution in [3.63, 3.8) is 0 Å². The summed E-state index contributed by atoms with van der Waals surface area (Å²) in [6, 6.07) is 0. The van der Waals surface area contributed by atoms with Crippen LogP contribution in [0.15, 0.2) is 0 Å². The first-order chi connectivity index (χ1) is 8.75. The van der Waals surface area contributed by atoms with Crippen molar-refractivity contribution in [1.29, 1.82) is 0 Å². The molecule has 1 N–H and O–H groups in total. The third kappa shape index (κ3) is 4.14. The maximum Gasteiger partial charge on any atom is 0.540 e. The molecule has 0 spiro atoms. The summed E-state index contributed by atoms with van der Waals surface area (Å²) in [5, 5.41) is 12.4. The van der Waals surface area contributed by atoms with Gasteiger partial charge in [-0.25, -0.2) is 9.68 Å². The fraction of sp³-hybridized carbons (Fsp3) is 0.923. The monoisotopic (exact) mass is 258 g/mol. The van der Waals surface area contributed by atoms with Crippen molar-refractivity contribution in [2.24, 2.45) is 11.8 Å². The molecule has 0 amide bonds. The van der Waals surface area contributed by atoms with Gasteiger partial charge in [0.15, 0.2) is 0 Å². The second-order valence-corrected chi connectivity index (χ2v) is 5.45. The molecule has 0 aromatic carbocycles. The van der Waals surface area contributed by atoms with Crippen LogP contribution in [0, 0.1) is 11.8 Å². The normalized spacial score (nSPS) is 30.0. The fourth-order valence-corrected chi connectivity index (χ4v) is 3.37. The molecule has 0 unspecified atom stereocenters. The zero-order valence-electron chi connectivity index (χ0n) is 10.7. The average molecular weight is 258 g/mol. The molecule has 5 heteroatoms. The Balaban J connectivity index is 1.63. The predicted molar refractivity (Wildman–Crippen MR) is 63.6 cm³/mol. The summed E-state index contributed by atoms with van der Waals surface area (Å²) in [7, 11) is 0. The SMILES string of the molecule is O=C(O)OOOC1CCC(C2CCCCC2)CC1. The van der Waals surface area contributed by atoms with Gasteiger partial charge in [0, 0.05) is 0 Å². The lowest BCUT2D eigenvalue weighted by Crippen LogP contribution is -2.27. The summed E-state index contributed by atoms with van der Waals surface area (Å²) in [5.41, 5.74) is 0. The van der Waals surface area contributed by atoms with E-state index in [0.29, 0.717) is 0 Å². The lowest BCUT2D eigenvalue weighted by Gasteiger charge is -2.34. The molecule has 2 rings (SSSR count). The van der Waals surface area contributed by atoms with Gasteiger partial charge in [0.2, 0.25) is 0 Å². The molecule has 0 heterocycles.